The fourth-order valence-electron chi connectivity index (χ4n) is 2.20. The second kappa shape index (κ2) is 4.21. The van der Waals surface area contributed by atoms with Crippen molar-refractivity contribution < 1.29 is 4.79 Å². The number of carbonyl (C=O) groups is 1. The molecule has 0 aromatic rings. The molecule has 1 N–H and O–H groups in total. The first-order chi connectivity index (χ1) is 6.74. The first-order valence-corrected chi connectivity index (χ1v) is 6.73. The lowest BCUT2D eigenvalue weighted by Crippen LogP contribution is -2.55. The molecule has 2 nitrogen and oxygen atoms in total. The van der Waals surface area contributed by atoms with Crippen LogP contribution in [-0.2, 0) is 4.79 Å². The molecule has 0 spiro atoms. The second-order valence-corrected chi connectivity index (χ2v) is 5.38. The summed E-state index contributed by atoms with van der Waals surface area (Å²) in [7, 11) is 0. The van der Waals surface area contributed by atoms with Crippen LogP contribution in [0.1, 0.15) is 44.9 Å². The molecule has 0 unspecified atom stereocenters. The first kappa shape index (κ1) is 10.5. The number of rotatable bonds is 4. The maximum Gasteiger partial charge on any atom is 0.220 e. The van der Waals surface area contributed by atoms with E-state index >= 15 is 0 Å². The summed E-state index contributed by atoms with van der Waals surface area (Å²) in [6.45, 7) is 0. The number of hydrogen-bond acceptors (Lipinski definition) is 1. The Morgan fingerprint density at radius 1 is 1.36 bits per heavy atom. The molecule has 2 fully saturated rings. The average molecular weight is 260 g/mol. The van der Waals surface area contributed by atoms with E-state index in [9.17, 15) is 4.79 Å². The molecule has 0 aliphatic heterocycles. The van der Waals surface area contributed by atoms with Gasteiger partial charge in [0.25, 0.3) is 0 Å². The Balaban J connectivity index is 1.75. The summed E-state index contributed by atoms with van der Waals surface area (Å²) in [5.74, 6) is 0.955. The van der Waals surface area contributed by atoms with Crippen LogP contribution in [0.5, 0.6) is 0 Å². The SMILES string of the molecule is O=C(CC1CCC1)NC1(CBr)CCC1. The summed E-state index contributed by atoms with van der Waals surface area (Å²) in [4.78, 5) is 11.7. The molecule has 2 rings (SSSR count). The molecule has 0 aromatic heterocycles. The topological polar surface area (TPSA) is 29.1 Å². The summed E-state index contributed by atoms with van der Waals surface area (Å²) in [6.07, 6.45) is 8.15. The molecule has 2 aliphatic carbocycles. The van der Waals surface area contributed by atoms with Crippen LogP contribution in [0.3, 0.4) is 0 Å². The first-order valence-electron chi connectivity index (χ1n) is 5.61. The van der Waals surface area contributed by atoms with Gasteiger partial charge in [0, 0.05) is 17.3 Å². The van der Waals surface area contributed by atoms with E-state index in [4.69, 9.17) is 0 Å². The molecule has 0 saturated heterocycles. The highest BCUT2D eigenvalue weighted by atomic mass is 79.9. The zero-order valence-electron chi connectivity index (χ0n) is 8.52. The van der Waals surface area contributed by atoms with Gasteiger partial charge in [-0.3, -0.25) is 4.79 Å². The molecule has 3 heteroatoms. The van der Waals surface area contributed by atoms with E-state index in [0.29, 0.717) is 5.92 Å². The van der Waals surface area contributed by atoms with E-state index in [-0.39, 0.29) is 11.4 Å². The van der Waals surface area contributed by atoms with Gasteiger partial charge >= 0.3 is 0 Å². The number of carbonyl (C=O) groups excluding carboxylic acids is 1. The van der Waals surface area contributed by atoms with Crippen LogP contribution in [0.2, 0.25) is 0 Å². The van der Waals surface area contributed by atoms with Gasteiger partial charge in [-0.25, -0.2) is 0 Å². The van der Waals surface area contributed by atoms with Crippen LogP contribution >= 0.6 is 15.9 Å². The molecule has 0 atom stereocenters. The summed E-state index contributed by atoms with van der Waals surface area (Å²) in [5.41, 5.74) is 0.112. The Kier molecular flexibility index (Phi) is 3.15. The second-order valence-electron chi connectivity index (χ2n) is 4.82. The van der Waals surface area contributed by atoms with Gasteiger partial charge in [0.05, 0.1) is 0 Å². The highest BCUT2D eigenvalue weighted by molar-refractivity contribution is 9.09. The quantitative estimate of drug-likeness (QED) is 0.773. The molecule has 0 radical (unpaired) electrons. The van der Waals surface area contributed by atoms with E-state index < -0.39 is 0 Å². The minimum absolute atomic E-state index is 0.112. The number of alkyl halides is 1. The van der Waals surface area contributed by atoms with E-state index in [1.807, 2.05) is 0 Å². The van der Waals surface area contributed by atoms with Crippen LogP contribution in [0.15, 0.2) is 0 Å². The minimum Gasteiger partial charge on any atom is -0.350 e. The van der Waals surface area contributed by atoms with Gasteiger partial charge in [0.15, 0.2) is 0 Å². The van der Waals surface area contributed by atoms with Crippen molar-refractivity contribution in [2.75, 3.05) is 5.33 Å². The third kappa shape index (κ3) is 2.13. The molecule has 2 aliphatic rings. The summed E-state index contributed by atoms with van der Waals surface area (Å²) in [6, 6.07) is 0. The third-order valence-corrected chi connectivity index (χ3v) is 4.74. The van der Waals surface area contributed by atoms with E-state index in [1.54, 1.807) is 0 Å². The number of halogens is 1. The Morgan fingerprint density at radius 3 is 2.43 bits per heavy atom. The Hall–Kier alpha value is -0.0500. The zero-order valence-corrected chi connectivity index (χ0v) is 10.1. The Labute approximate surface area is 94.0 Å². The summed E-state index contributed by atoms with van der Waals surface area (Å²) in [5, 5.41) is 4.11. The maximum atomic E-state index is 11.7. The molecule has 0 aromatic carbocycles. The summed E-state index contributed by atoms with van der Waals surface area (Å²) < 4.78 is 0. The molecular formula is C11H18BrNO. The highest BCUT2D eigenvalue weighted by Crippen LogP contribution is 2.34. The van der Waals surface area contributed by atoms with Crippen molar-refractivity contribution in [2.45, 2.75) is 50.5 Å². The van der Waals surface area contributed by atoms with Crippen LogP contribution in [0.4, 0.5) is 0 Å². The predicted molar refractivity (Wildman–Crippen MR) is 60.5 cm³/mol. The van der Waals surface area contributed by atoms with Gasteiger partial charge in [-0.2, -0.15) is 0 Å². The van der Waals surface area contributed by atoms with Crippen molar-refractivity contribution in [1.82, 2.24) is 5.32 Å². The van der Waals surface area contributed by atoms with Crippen LogP contribution in [-0.4, -0.2) is 16.8 Å². The minimum atomic E-state index is 0.112. The van der Waals surface area contributed by atoms with Gasteiger partial charge in [-0.15, -0.1) is 0 Å². The molecule has 1 amide bonds. The molecule has 0 bridgehead atoms. The fraction of sp³-hybridized carbons (Fsp3) is 0.909. The van der Waals surface area contributed by atoms with Gasteiger partial charge < -0.3 is 5.32 Å². The lowest BCUT2D eigenvalue weighted by molar-refractivity contribution is -0.125. The van der Waals surface area contributed by atoms with Gasteiger partial charge in [-0.05, 0) is 38.0 Å². The number of amides is 1. The maximum absolute atomic E-state index is 11.7. The van der Waals surface area contributed by atoms with Crippen molar-refractivity contribution in [3.63, 3.8) is 0 Å². The normalized spacial score (nSPS) is 24.9. The van der Waals surface area contributed by atoms with E-state index in [0.717, 1.165) is 24.6 Å². The molecular weight excluding hydrogens is 242 g/mol. The van der Waals surface area contributed by atoms with Crippen LogP contribution in [0, 0.1) is 5.92 Å². The molecule has 0 heterocycles. The van der Waals surface area contributed by atoms with E-state index in [1.165, 1.54) is 25.7 Å². The van der Waals surface area contributed by atoms with Crippen molar-refractivity contribution >= 4 is 21.8 Å². The van der Waals surface area contributed by atoms with Crippen molar-refractivity contribution in [3.05, 3.63) is 0 Å². The lowest BCUT2D eigenvalue weighted by Gasteiger charge is -2.41. The molecule has 14 heavy (non-hydrogen) atoms. The number of hydrogen-bond donors (Lipinski definition) is 1. The van der Waals surface area contributed by atoms with E-state index in [2.05, 4.69) is 21.2 Å². The van der Waals surface area contributed by atoms with Crippen molar-refractivity contribution in [3.8, 4) is 0 Å². The Bertz CT molecular complexity index is 216. The third-order valence-electron chi connectivity index (χ3n) is 3.67. The van der Waals surface area contributed by atoms with Crippen molar-refractivity contribution in [1.29, 1.82) is 0 Å². The summed E-state index contributed by atoms with van der Waals surface area (Å²) >= 11 is 3.49. The lowest BCUT2D eigenvalue weighted by atomic mass is 9.77. The predicted octanol–water partition coefficient (Wildman–Crippen LogP) is 2.61. The Morgan fingerprint density at radius 2 is 2.07 bits per heavy atom. The zero-order chi connectivity index (χ0) is 10.0. The largest absolute Gasteiger partial charge is 0.350 e. The van der Waals surface area contributed by atoms with Gasteiger partial charge in [0.2, 0.25) is 5.91 Å². The molecule has 80 valence electrons. The van der Waals surface area contributed by atoms with Gasteiger partial charge in [0.1, 0.15) is 0 Å². The highest BCUT2D eigenvalue weighted by Gasteiger charge is 2.37. The average Bonchev–Trinajstić information content (AvgIpc) is 2.04. The van der Waals surface area contributed by atoms with Crippen molar-refractivity contribution in [2.24, 2.45) is 5.92 Å². The standard InChI is InChI=1S/C11H18BrNO/c12-8-11(5-2-6-11)13-10(14)7-9-3-1-4-9/h9H,1-8H2,(H,13,14). The van der Waals surface area contributed by atoms with Crippen LogP contribution in [0.25, 0.3) is 0 Å². The number of nitrogens with one attached hydrogen (secondary N) is 1. The monoisotopic (exact) mass is 259 g/mol. The van der Waals surface area contributed by atoms with Crippen LogP contribution < -0.4 is 5.32 Å². The smallest absolute Gasteiger partial charge is 0.220 e. The molecule has 2 saturated carbocycles. The fourth-order valence-corrected chi connectivity index (χ4v) is 2.90. The van der Waals surface area contributed by atoms with Gasteiger partial charge in [-0.1, -0.05) is 22.4 Å².